The molecule has 1 heterocycles. The van der Waals surface area contributed by atoms with Gasteiger partial charge in [-0.25, -0.2) is 0 Å². The van der Waals surface area contributed by atoms with Crippen LogP contribution in [0.25, 0.3) is 0 Å². The van der Waals surface area contributed by atoms with Crippen molar-refractivity contribution < 1.29 is 9.53 Å². The van der Waals surface area contributed by atoms with Gasteiger partial charge in [0.15, 0.2) is 8.32 Å². The van der Waals surface area contributed by atoms with Crippen molar-refractivity contribution in [3.8, 4) is 0 Å². The smallest absolute Gasteiger partial charge is 0.192 e. The van der Waals surface area contributed by atoms with Crippen molar-refractivity contribution in [3.63, 3.8) is 0 Å². The van der Waals surface area contributed by atoms with Gasteiger partial charge in [-0.05, 0) is 49.5 Å². The maximum atomic E-state index is 10.4. The van der Waals surface area contributed by atoms with Crippen molar-refractivity contribution in [2.75, 3.05) is 0 Å². The second-order valence-electron chi connectivity index (χ2n) is 7.45. The van der Waals surface area contributed by atoms with Crippen LogP contribution >= 0.6 is 0 Å². The van der Waals surface area contributed by atoms with Crippen molar-refractivity contribution in [1.29, 1.82) is 0 Å². The number of aliphatic hydroxyl groups is 1. The van der Waals surface area contributed by atoms with E-state index in [0.717, 1.165) is 30.7 Å². The molecular weight excluding hydrogens is 266 g/mol. The summed E-state index contributed by atoms with van der Waals surface area (Å²) in [6.07, 6.45) is 2.74. The highest BCUT2D eigenvalue weighted by Crippen LogP contribution is 2.40. The second kappa shape index (κ2) is 5.24. The fourth-order valence-electron chi connectivity index (χ4n) is 2.06. The van der Waals surface area contributed by atoms with Crippen LogP contribution in [-0.4, -0.2) is 18.4 Å². The largest absolute Gasteiger partial charge is 0.411 e. The van der Waals surface area contributed by atoms with Crippen LogP contribution in [0.15, 0.2) is 18.2 Å². The molecule has 1 aliphatic carbocycles. The molecule has 0 amide bonds. The summed E-state index contributed by atoms with van der Waals surface area (Å²) in [6.45, 7) is 11.7. The van der Waals surface area contributed by atoms with Gasteiger partial charge in [-0.1, -0.05) is 26.8 Å². The molecule has 1 N–H and O–H groups in total. The Balaban J connectivity index is 2.06. The molecule has 3 nitrogen and oxygen atoms in total. The molecule has 0 bridgehead atoms. The summed E-state index contributed by atoms with van der Waals surface area (Å²) in [5, 5.41) is 10.6. The van der Waals surface area contributed by atoms with E-state index in [1.165, 1.54) is 0 Å². The third-order valence-electron chi connectivity index (χ3n) is 4.85. The molecular formula is C16H27NO2Si. The van der Waals surface area contributed by atoms with Crippen LogP contribution in [-0.2, 0) is 16.6 Å². The highest BCUT2D eigenvalue weighted by molar-refractivity contribution is 6.74. The monoisotopic (exact) mass is 293 g/mol. The molecule has 2 rings (SSSR count). The summed E-state index contributed by atoms with van der Waals surface area (Å²) < 4.78 is 6.19. The molecule has 0 aliphatic heterocycles. The van der Waals surface area contributed by atoms with Gasteiger partial charge in [-0.2, -0.15) is 0 Å². The average Bonchev–Trinajstić information content (AvgIpc) is 2.32. The zero-order valence-electron chi connectivity index (χ0n) is 13.4. The molecule has 1 aliphatic rings. The van der Waals surface area contributed by atoms with Gasteiger partial charge in [-0.3, -0.25) is 4.98 Å². The van der Waals surface area contributed by atoms with E-state index in [2.05, 4.69) is 38.8 Å². The first kappa shape index (κ1) is 15.7. The van der Waals surface area contributed by atoms with Crippen LogP contribution in [0.5, 0.6) is 0 Å². The zero-order chi connectivity index (χ0) is 15.0. The van der Waals surface area contributed by atoms with E-state index in [-0.39, 0.29) is 5.04 Å². The Labute approximate surface area is 123 Å². The Hall–Kier alpha value is -0.713. The Morgan fingerprint density at radius 3 is 2.45 bits per heavy atom. The van der Waals surface area contributed by atoms with Gasteiger partial charge in [0.25, 0.3) is 0 Å². The molecule has 1 fully saturated rings. The summed E-state index contributed by atoms with van der Waals surface area (Å²) in [5.41, 5.74) is 1.04. The first-order valence-corrected chi connectivity index (χ1v) is 10.4. The maximum Gasteiger partial charge on any atom is 0.192 e. The fraction of sp³-hybridized carbons (Fsp3) is 0.688. The molecule has 1 aromatic heterocycles. The third-order valence-corrected chi connectivity index (χ3v) is 9.33. The van der Waals surface area contributed by atoms with E-state index >= 15 is 0 Å². The van der Waals surface area contributed by atoms with Crippen molar-refractivity contribution in [3.05, 3.63) is 29.6 Å². The molecule has 0 saturated heterocycles. The Morgan fingerprint density at radius 1 is 1.30 bits per heavy atom. The lowest BCUT2D eigenvalue weighted by Gasteiger charge is -2.37. The molecule has 0 radical (unpaired) electrons. The van der Waals surface area contributed by atoms with E-state index in [9.17, 15) is 5.11 Å². The maximum absolute atomic E-state index is 10.4. The summed E-state index contributed by atoms with van der Waals surface area (Å²) in [5.74, 6) is 0. The van der Waals surface area contributed by atoms with Crippen LogP contribution in [0.4, 0.5) is 0 Å². The first-order chi connectivity index (χ1) is 9.14. The van der Waals surface area contributed by atoms with E-state index in [0.29, 0.717) is 6.61 Å². The number of aromatic nitrogens is 1. The van der Waals surface area contributed by atoms with Crippen LogP contribution in [0, 0.1) is 0 Å². The molecule has 0 unspecified atom stereocenters. The quantitative estimate of drug-likeness (QED) is 0.854. The number of pyridine rings is 1. The van der Waals surface area contributed by atoms with Gasteiger partial charge in [-0.15, -0.1) is 0 Å². The Morgan fingerprint density at radius 2 is 1.95 bits per heavy atom. The van der Waals surface area contributed by atoms with Crippen LogP contribution in [0.1, 0.15) is 51.4 Å². The van der Waals surface area contributed by atoms with E-state index in [1.54, 1.807) is 0 Å². The predicted molar refractivity (Wildman–Crippen MR) is 84.0 cm³/mol. The number of rotatable bonds is 4. The van der Waals surface area contributed by atoms with Gasteiger partial charge in [0, 0.05) is 0 Å². The summed E-state index contributed by atoms with van der Waals surface area (Å²) in [4.78, 5) is 4.60. The topological polar surface area (TPSA) is 42.4 Å². The minimum absolute atomic E-state index is 0.205. The Bertz CT molecular complexity index is 476. The van der Waals surface area contributed by atoms with Crippen molar-refractivity contribution in [2.24, 2.45) is 0 Å². The molecule has 4 heteroatoms. The van der Waals surface area contributed by atoms with E-state index < -0.39 is 13.9 Å². The van der Waals surface area contributed by atoms with Gasteiger partial charge in [0.1, 0.15) is 5.60 Å². The summed E-state index contributed by atoms with van der Waals surface area (Å²) in [6, 6.07) is 5.89. The van der Waals surface area contributed by atoms with Gasteiger partial charge >= 0.3 is 0 Å². The first-order valence-electron chi connectivity index (χ1n) is 7.47. The normalized spacial score (nSPS) is 18.7. The predicted octanol–water partition coefficient (Wildman–Crippen LogP) is 3.97. The number of nitrogens with zero attached hydrogens (tertiary/aromatic N) is 1. The van der Waals surface area contributed by atoms with Crippen LogP contribution in [0.2, 0.25) is 18.1 Å². The molecule has 0 atom stereocenters. The summed E-state index contributed by atoms with van der Waals surface area (Å²) >= 11 is 0. The van der Waals surface area contributed by atoms with E-state index in [1.807, 2.05) is 18.2 Å². The van der Waals surface area contributed by atoms with Crippen molar-refractivity contribution in [2.45, 2.75) is 70.4 Å². The van der Waals surface area contributed by atoms with Crippen LogP contribution in [0.3, 0.4) is 0 Å². The molecule has 20 heavy (non-hydrogen) atoms. The third kappa shape index (κ3) is 3.13. The second-order valence-corrected chi connectivity index (χ2v) is 12.3. The standard InChI is InChI=1S/C16H27NO2Si/c1-15(2,3)20(4,5)19-12-13-8-6-9-14(17-13)16(18)10-7-11-16/h6,8-9,18H,7,10-12H2,1-5H3. The molecule has 1 saturated carbocycles. The lowest BCUT2D eigenvalue weighted by molar-refractivity contribution is -0.0428. The van der Waals surface area contributed by atoms with E-state index in [4.69, 9.17) is 4.43 Å². The molecule has 112 valence electrons. The molecule has 1 aromatic rings. The average molecular weight is 293 g/mol. The highest BCUT2D eigenvalue weighted by atomic mass is 28.4. The lowest BCUT2D eigenvalue weighted by Crippen LogP contribution is -2.40. The lowest BCUT2D eigenvalue weighted by atomic mass is 9.77. The highest BCUT2D eigenvalue weighted by Gasteiger charge is 2.38. The van der Waals surface area contributed by atoms with Crippen molar-refractivity contribution >= 4 is 8.32 Å². The minimum Gasteiger partial charge on any atom is -0.411 e. The summed E-state index contributed by atoms with van der Waals surface area (Å²) in [7, 11) is -1.75. The number of hydrogen-bond donors (Lipinski definition) is 1. The van der Waals surface area contributed by atoms with Crippen LogP contribution < -0.4 is 0 Å². The number of hydrogen-bond acceptors (Lipinski definition) is 3. The SMILES string of the molecule is CC(C)(C)[Si](C)(C)OCc1cccc(C2(O)CCC2)n1. The van der Waals surface area contributed by atoms with Gasteiger partial charge in [0.2, 0.25) is 0 Å². The van der Waals surface area contributed by atoms with Gasteiger partial charge < -0.3 is 9.53 Å². The minimum atomic E-state index is -1.75. The molecule has 0 aromatic carbocycles. The fourth-order valence-corrected chi connectivity index (χ4v) is 3.00. The zero-order valence-corrected chi connectivity index (χ0v) is 14.4. The van der Waals surface area contributed by atoms with Gasteiger partial charge in [0.05, 0.1) is 18.0 Å². The van der Waals surface area contributed by atoms with Crippen molar-refractivity contribution in [1.82, 2.24) is 4.98 Å². The Kier molecular flexibility index (Phi) is 4.11. The molecule has 0 spiro atoms.